The molecule has 0 fully saturated rings. The van der Waals surface area contributed by atoms with E-state index in [2.05, 4.69) is 43.5 Å². The zero-order valence-electron chi connectivity index (χ0n) is 58.3. The van der Waals surface area contributed by atoms with Crippen molar-refractivity contribution >= 4 is 11.9 Å². The van der Waals surface area contributed by atoms with E-state index in [9.17, 15) is 19.8 Å². The highest BCUT2D eigenvalue weighted by Gasteiger charge is 2.18. The molecule has 0 radical (unpaired) electrons. The lowest BCUT2D eigenvalue weighted by Crippen LogP contribution is -2.45. The van der Waals surface area contributed by atoms with E-state index in [1.54, 1.807) is 6.08 Å². The van der Waals surface area contributed by atoms with Gasteiger partial charge in [-0.2, -0.15) is 0 Å². The van der Waals surface area contributed by atoms with E-state index in [0.717, 1.165) is 44.9 Å². The van der Waals surface area contributed by atoms with E-state index in [0.29, 0.717) is 19.4 Å². The second-order valence-corrected chi connectivity index (χ2v) is 27.0. The maximum Gasteiger partial charge on any atom is 0.305 e. The van der Waals surface area contributed by atoms with Crippen LogP contribution in [0.1, 0.15) is 438 Å². The number of carbonyl (C=O) groups excluding carboxylic acids is 2. The molecule has 0 aromatic heterocycles. The summed E-state index contributed by atoms with van der Waals surface area (Å²) in [6.07, 6.45) is 98.3. The summed E-state index contributed by atoms with van der Waals surface area (Å²) in [4.78, 5) is 24.6. The number of ether oxygens (including phenoxy) is 1. The average Bonchev–Trinajstić information content (AvgIpc) is 3.58. The molecule has 0 spiro atoms. The normalized spacial score (nSPS) is 12.7. The summed E-state index contributed by atoms with van der Waals surface area (Å²) < 4.78 is 5.49. The maximum absolute atomic E-state index is 12.6. The van der Waals surface area contributed by atoms with Gasteiger partial charge in [-0.25, -0.2) is 0 Å². The van der Waals surface area contributed by atoms with Gasteiger partial charge in [-0.1, -0.05) is 397 Å². The molecule has 0 saturated carbocycles. The molecular formula is C80H153NO5. The number of esters is 1. The van der Waals surface area contributed by atoms with Gasteiger partial charge in [0, 0.05) is 12.8 Å². The first-order valence-corrected chi connectivity index (χ1v) is 39.3. The van der Waals surface area contributed by atoms with E-state index in [1.165, 1.54) is 366 Å². The molecule has 6 nitrogen and oxygen atoms in total. The van der Waals surface area contributed by atoms with Crippen LogP contribution in [0.25, 0.3) is 0 Å². The Morgan fingerprint density at radius 3 is 0.884 bits per heavy atom. The third-order valence-electron chi connectivity index (χ3n) is 18.4. The fraction of sp³-hybridized carbons (Fsp3) is 0.900. The van der Waals surface area contributed by atoms with Gasteiger partial charge in [-0.3, -0.25) is 9.59 Å². The SMILES string of the molecule is CCCCCCCCCCCCCCCCCCCCCCCC/C=C/C(O)C(CO)NC(=O)CCCCCCCCCCCCCCCCC/C=C\C/C=C\CCCCCCCCCCCOC(=O)CCCCCCCCCCCCCCCC. The predicted molar refractivity (Wildman–Crippen MR) is 379 cm³/mol. The Morgan fingerprint density at radius 2 is 0.581 bits per heavy atom. The number of nitrogens with one attached hydrogen (secondary N) is 1. The first-order valence-electron chi connectivity index (χ1n) is 39.3. The molecule has 0 aromatic carbocycles. The van der Waals surface area contributed by atoms with Gasteiger partial charge < -0.3 is 20.3 Å². The molecule has 2 unspecified atom stereocenters. The van der Waals surface area contributed by atoms with Gasteiger partial charge in [0.15, 0.2) is 0 Å². The molecule has 1 amide bonds. The van der Waals surface area contributed by atoms with E-state index >= 15 is 0 Å². The molecule has 0 aliphatic carbocycles. The number of hydrogen-bond donors (Lipinski definition) is 3. The Labute approximate surface area is 538 Å². The lowest BCUT2D eigenvalue weighted by atomic mass is 10.0. The molecule has 0 aliphatic rings. The van der Waals surface area contributed by atoms with Gasteiger partial charge in [0.1, 0.15) is 0 Å². The Bertz CT molecular complexity index is 1390. The molecular weight excluding hydrogens is 1050 g/mol. The van der Waals surface area contributed by atoms with Gasteiger partial charge in [-0.05, 0) is 64.2 Å². The van der Waals surface area contributed by atoms with Crippen LogP contribution in [0.3, 0.4) is 0 Å². The topological polar surface area (TPSA) is 95.9 Å². The Kier molecular flexibility index (Phi) is 73.9. The molecule has 0 aliphatic heterocycles. The van der Waals surface area contributed by atoms with Crippen molar-refractivity contribution in [2.75, 3.05) is 13.2 Å². The van der Waals surface area contributed by atoms with Crippen molar-refractivity contribution in [1.29, 1.82) is 0 Å². The highest BCUT2D eigenvalue weighted by atomic mass is 16.5. The molecule has 0 rings (SSSR count). The van der Waals surface area contributed by atoms with Gasteiger partial charge in [0.2, 0.25) is 5.91 Å². The van der Waals surface area contributed by atoms with Crippen LogP contribution in [-0.2, 0) is 14.3 Å². The number of aliphatic hydroxyl groups is 2. The lowest BCUT2D eigenvalue weighted by Gasteiger charge is -2.20. The number of unbranched alkanes of at least 4 members (excludes halogenated alkanes) is 59. The summed E-state index contributed by atoms with van der Waals surface area (Å²) in [5.41, 5.74) is 0. The zero-order chi connectivity index (χ0) is 62.0. The molecule has 508 valence electrons. The van der Waals surface area contributed by atoms with Crippen LogP contribution in [-0.4, -0.2) is 47.4 Å². The Hall–Kier alpha value is -1.92. The number of rotatable bonds is 74. The Morgan fingerprint density at radius 1 is 0.326 bits per heavy atom. The third-order valence-corrected chi connectivity index (χ3v) is 18.4. The summed E-state index contributed by atoms with van der Waals surface area (Å²) >= 11 is 0. The molecule has 0 bridgehead atoms. The summed E-state index contributed by atoms with van der Waals surface area (Å²) in [6.45, 7) is 4.95. The van der Waals surface area contributed by atoms with Crippen molar-refractivity contribution in [2.45, 2.75) is 450 Å². The number of carbonyl (C=O) groups is 2. The van der Waals surface area contributed by atoms with E-state index < -0.39 is 12.1 Å². The fourth-order valence-electron chi connectivity index (χ4n) is 12.4. The first-order chi connectivity index (χ1) is 42.5. The largest absolute Gasteiger partial charge is 0.466 e. The second-order valence-electron chi connectivity index (χ2n) is 27.0. The van der Waals surface area contributed by atoms with E-state index in [-0.39, 0.29) is 18.5 Å². The standard InChI is InChI=1S/C80H153NO5/c1-3-5-7-9-11-13-15-17-19-20-21-22-23-33-36-39-42-45-48-52-56-60-64-68-72-78(83)77(76-82)81-79(84)73-69-65-61-57-53-49-46-43-40-37-34-31-29-27-25-24-26-28-30-32-35-38-41-44-47-51-55-59-63-67-71-75-86-80(85)74-70-66-62-58-54-50-18-16-14-12-10-8-6-4-2/h26,28,32,35,68,72,77-78,82-83H,3-25,27,29-31,33-34,36-67,69-71,73-76H2,1-2H3,(H,81,84)/b28-26-,35-32-,72-68+. The minimum atomic E-state index is -0.846. The number of amides is 1. The van der Waals surface area contributed by atoms with Crippen LogP contribution >= 0.6 is 0 Å². The van der Waals surface area contributed by atoms with E-state index in [1.807, 2.05) is 6.08 Å². The zero-order valence-corrected chi connectivity index (χ0v) is 58.3. The Balaban J connectivity index is 3.41. The highest BCUT2D eigenvalue weighted by molar-refractivity contribution is 5.76. The van der Waals surface area contributed by atoms with Crippen molar-refractivity contribution in [3.63, 3.8) is 0 Å². The van der Waals surface area contributed by atoms with Crippen molar-refractivity contribution in [3.05, 3.63) is 36.5 Å². The predicted octanol–water partition coefficient (Wildman–Crippen LogP) is 25.8. The molecule has 6 heteroatoms. The lowest BCUT2D eigenvalue weighted by molar-refractivity contribution is -0.143. The summed E-state index contributed by atoms with van der Waals surface area (Å²) in [5.74, 6) is -0.0466. The summed E-state index contributed by atoms with van der Waals surface area (Å²) in [6, 6.07) is -0.629. The first kappa shape index (κ1) is 84.1. The molecule has 0 saturated heterocycles. The van der Waals surface area contributed by atoms with Crippen molar-refractivity contribution in [1.82, 2.24) is 5.32 Å². The van der Waals surface area contributed by atoms with Crippen LogP contribution in [0.2, 0.25) is 0 Å². The van der Waals surface area contributed by atoms with Crippen molar-refractivity contribution < 1.29 is 24.5 Å². The second kappa shape index (κ2) is 75.5. The van der Waals surface area contributed by atoms with Gasteiger partial charge in [0.25, 0.3) is 0 Å². The highest BCUT2D eigenvalue weighted by Crippen LogP contribution is 2.19. The average molecular weight is 1210 g/mol. The van der Waals surface area contributed by atoms with Crippen molar-refractivity contribution in [2.24, 2.45) is 0 Å². The van der Waals surface area contributed by atoms with Crippen LogP contribution in [0.15, 0.2) is 36.5 Å². The summed E-state index contributed by atoms with van der Waals surface area (Å²) in [7, 11) is 0. The number of hydrogen-bond acceptors (Lipinski definition) is 5. The van der Waals surface area contributed by atoms with Crippen LogP contribution in [0, 0.1) is 0 Å². The third kappa shape index (κ3) is 71.2. The van der Waals surface area contributed by atoms with Gasteiger partial charge >= 0.3 is 5.97 Å². The van der Waals surface area contributed by atoms with Crippen LogP contribution in [0.4, 0.5) is 0 Å². The van der Waals surface area contributed by atoms with Gasteiger partial charge in [0.05, 0.1) is 25.4 Å². The molecule has 2 atom stereocenters. The fourth-order valence-corrected chi connectivity index (χ4v) is 12.4. The molecule has 3 N–H and O–H groups in total. The minimum absolute atomic E-state index is 0.0159. The van der Waals surface area contributed by atoms with Crippen LogP contribution in [0.5, 0.6) is 0 Å². The molecule has 86 heavy (non-hydrogen) atoms. The molecule has 0 heterocycles. The van der Waals surface area contributed by atoms with Gasteiger partial charge in [-0.15, -0.1) is 0 Å². The number of aliphatic hydroxyl groups excluding tert-OH is 2. The van der Waals surface area contributed by atoms with E-state index in [4.69, 9.17) is 4.74 Å². The maximum atomic E-state index is 12.6. The van der Waals surface area contributed by atoms with Crippen LogP contribution < -0.4 is 5.32 Å². The quantitative estimate of drug-likeness (QED) is 0.0320. The monoisotopic (exact) mass is 1210 g/mol. The minimum Gasteiger partial charge on any atom is -0.466 e. The molecule has 0 aromatic rings. The smallest absolute Gasteiger partial charge is 0.305 e. The number of allylic oxidation sites excluding steroid dienone is 5. The summed E-state index contributed by atoms with van der Waals surface area (Å²) in [5, 5.41) is 23.3. The van der Waals surface area contributed by atoms with Crippen molar-refractivity contribution in [3.8, 4) is 0 Å².